The van der Waals surface area contributed by atoms with Crippen LogP contribution in [0.5, 0.6) is 11.5 Å². The molecule has 0 unspecified atom stereocenters. The van der Waals surface area contributed by atoms with Gasteiger partial charge in [-0.05, 0) is 30.5 Å². The lowest BCUT2D eigenvalue weighted by Crippen LogP contribution is -2.09. The van der Waals surface area contributed by atoms with E-state index in [1.54, 1.807) is 25.0 Å². The van der Waals surface area contributed by atoms with Gasteiger partial charge in [-0.15, -0.1) is 11.7 Å². The molecule has 7 heteroatoms. The Bertz CT molecular complexity index is 709. The van der Waals surface area contributed by atoms with Crippen LogP contribution < -0.4 is 9.47 Å². The van der Waals surface area contributed by atoms with Gasteiger partial charge >= 0.3 is 5.97 Å². The fourth-order valence-electron chi connectivity index (χ4n) is 2.31. The van der Waals surface area contributed by atoms with Crippen LogP contribution in [0.2, 0.25) is 0 Å². The van der Waals surface area contributed by atoms with Gasteiger partial charge in [0.05, 0.1) is 26.5 Å². The number of aromatic nitrogens is 3. The summed E-state index contributed by atoms with van der Waals surface area (Å²) in [5, 5.41) is 16.8. The highest BCUT2D eigenvalue weighted by atomic mass is 16.5. The van der Waals surface area contributed by atoms with Crippen LogP contribution in [0, 0.1) is 0 Å². The summed E-state index contributed by atoms with van der Waals surface area (Å²) >= 11 is 0. The lowest BCUT2D eigenvalue weighted by atomic mass is 10.1. The summed E-state index contributed by atoms with van der Waals surface area (Å²) in [5.41, 5.74) is 1.56. The number of hydrogen-bond donors (Lipinski definition) is 1. The summed E-state index contributed by atoms with van der Waals surface area (Å²) < 4.78 is 12.0. The molecule has 0 atom stereocenters. The highest BCUT2D eigenvalue weighted by molar-refractivity contribution is 5.86. The molecule has 1 N–H and O–H groups in total. The number of carboxylic acids is 1. The summed E-state index contributed by atoms with van der Waals surface area (Å²) in [5.74, 6) is 0.213. The Morgan fingerprint density at radius 2 is 2.04 bits per heavy atom. The monoisotopic (exact) mass is 317 g/mol. The minimum atomic E-state index is -1.08. The predicted octanol–water partition coefficient (Wildman–Crippen LogP) is 1.96. The third kappa shape index (κ3) is 3.68. The molecule has 2 rings (SSSR count). The fourth-order valence-corrected chi connectivity index (χ4v) is 2.31. The molecule has 0 fully saturated rings. The SMILES string of the molecule is C=CCn1nnc(C(=O)O)c1CCc1ccc(OC)c(OC)c1. The molecule has 1 aromatic carbocycles. The summed E-state index contributed by atoms with van der Waals surface area (Å²) in [6, 6.07) is 5.62. The van der Waals surface area contributed by atoms with Crippen molar-refractivity contribution in [3.8, 4) is 11.5 Å². The van der Waals surface area contributed by atoms with Crippen LogP contribution in [-0.2, 0) is 19.4 Å². The molecular weight excluding hydrogens is 298 g/mol. The lowest BCUT2D eigenvalue weighted by Gasteiger charge is -2.10. The van der Waals surface area contributed by atoms with Crippen molar-refractivity contribution < 1.29 is 19.4 Å². The summed E-state index contributed by atoms with van der Waals surface area (Å²) in [7, 11) is 3.16. The summed E-state index contributed by atoms with van der Waals surface area (Å²) in [6.07, 6.45) is 2.78. The van der Waals surface area contributed by atoms with Crippen LogP contribution in [-0.4, -0.2) is 40.3 Å². The fraction of sp³-hybridized carbons (Fsp3) is 0.312. The molecule has 1 aromatic heterocycles. The van der Waals surface area contributed by atoms with Crippen LogP contribution in [0.25, 0.3) is 0 Å². The van der Waals surface area contributed by atoms with Crippen LogP contribution in [0.1, 0.15) is 21.7 Å². The molecule has 0 bridgehead atoms. The van der Waals surface area contributed by atoms with Crippen molar-refractivity contribution in [1.82, 2.24) is 15.0 Å². The molecule has 0 spiro atoms. The number of aromatic carboxylic acids is 1. The Labute approximate surface area is 134 Å². The highest BCUT2D eigenvalue weighted by Crippen LogP contribution is 2.28. The molecule has 0 saturated carbocycles. The quantitative estimate of drug-likeness (QED) is 0.749. The van der Waals surface area contributed by atoms with Crippen LogP contribution in [0.3, 0.4) is 0 Å². The molecule has 1 heterocycles. The summed E-state index contributed by atoms with van der Waals surface area (Å²) in [6.45, 7) is 4.06. The Hall–Kier alpha value is -2.83. The molecule has 0 radical (unpaired) electrons. The van der Waals surface area contributed by atoms with Gasteiger partial charge in [-0.25, -0.2) is 9.48 Å². The van der Waals surface area contributed by atoms with Gasteiger partial charge < -0.3 is 14.6 Å². The standard InChI is InChI=1S/C16H19N3O4/c1-4-9-19-12(15(16(20)21)17-18-19)7-5-11-6-8-13(22-2)14(10-11)23-3/h4,6,8,10H,1,5,7,9H2,2-3H3,(H,20,21). The molecule has 7 nitrogen and oxygen atoms in total. The van der Waals surface area contributed by atoms with E-state index in [1.807, 2.05) is 18.2 Å². The average Bonchev–Trinajstić information content (AvgIpc) is 2.96. The maximum Gasteiger partial charge on any atom is 0.358 e. The van der Waals surface area contributed by atoms with Crippen molar-refractivity contribution in [3.63, 3.8) is 0 Å². The van der Waals surface area contributed by atoms with E-state index < -0.39 is 5.97 Å². The van der Waals surface area contributed by atoms with Crippen molar-refractivity contribution in [1.29, 1.82) is 0 Å². The second-order valence-electron chi connectivity index (χ2n) is 4.85. The second-order valence-corrected chi connectivity index (χ2v) is 4.85. The first-order chi connectivity index (χ1) is 11.1. The van der Waals surface area contributed by atoms with Gasteiger partial charge in [0.2, 0.25) is 0 Å². The van der Waals surface area contributed by atoms with E-state index in [0.29, 0.717) is 36.6 Å². The van der Waals surface area contributed by atoms with E-state index in [4.69, 9.17) is 9.47 Å². The number of nitrogens with zero attached hydrogens (tertiary/aromatic N) is 3. The van der Waals surface area contributed by atoms with E-state index in [0.717, 1.165) is 5.56 Å². The van der Waals surface area contributed by atoms with E-state index in [-0.39, 0.29) is 5.69 Å². The van der Waals surface area contributed by atoms with Gasteiger partial charge in [-0.3, -0.25) is 0 Å². The maximum atomic E-state index is 11.3. The highest BCUT2D eigenvalue weighted by Gasteiger charge is 2.18. The number of benzene rings is 1. The number of carbonyl (C=O) groups is 1. The van der Waals surface area contributed by atoms with E-state index in [2.05, 4.69) is 16.9 Å². The molecule has 0 aliphatic carbocycles. The number of carboxylic acid groups (broad SMARTS) is 1. The van der Waals surface area contributed by atoms with Crippen molar-refractivity contribution in [2.24, 2.45) is 0 Å². The Morgan fingerprint density at radius 1 is 1.30 bits per heavy atom. The second kappa shape index (κ2) is 7.44. The van der Waals surface area contributed by atoms with E-state index >= 15 is 0 Å². The molecule has 122 valence electrons. The Kier molecular flexibility index (Phi) is 5.35. The zero-order valence-corrected chi connectivity index (χ0v) is 13.2. The molecule has 2 aromatic rings. The smallest absolute Gasteiger partial charge is 0.358 e. The minimum Gasteiger partial charge on any atom is -0.493 e. The van der Waals surface area contributed by atoms with E-state index in [1.165, 1.54) is 0 Å². The molecule has 0 saturated heterocycles. The van der Waals surface area contributed by atoms with Crippen molar-refractivity contribution in [2.45, 2.75) is 19.4 Å². The van der Waals surface area contributed by atoms with Crippen molar-refractivity contribution >= 4 is 5.97 Å². The number of rotatable bonds is 8. The maximum absolute atomic E-state index is 11.3. The lowest BCUT2D eigenvalue weighted by molar-refractivity contribution is 0.0689. The molecule has 23 heavy (non-hydrogen) atoms. The third-order valence-electron chi connectivity index (χ3n) is 3.44. The zero-order valence-electron chi connectivity index (χ0n) is 13.2. The predicted molar refractivity (Wildman–Crippen MR) is 84.1 cm³/mol. The van der Waals surface area contributed by atoms with Gasteiger partial charge in [0.1, 0.15) is 0 Å². The minimum absolute atomic E-state index is 0.0210. The molecule has 0 aliphatic heterocycles. The van der Waals surface area contributed by atoms with Crippen molar-refractivity contribution in [3.05, 3.63) is 47.8 Å². The third-order valence-corrected chi connectivity index (χ3v) is 3.44. The number of hydrogen-bond acceptors (Lipinski definition) is 5. The zero-order chi connectivity index (χ0) is 16.8. The Balaban J connectivity index is 2.21. The van der Waals surface area contributed by atoms with Crippen LogP contribution in [0.15, 0.2) is 30.9 Å². The van der Waals surface area contributed by atoms with Gasteiger partial charge in [-0.2, -0.15) is 0 Å². The number of aryl methyl sites for hydroxylation is 1. The number of ether oxygens (including phenoxy) is 2. The first-order valence-electron chi connectivity index (χ1n) is 7.08. The molecular formula is C16H19N3O4. The molecule has 0 aliphatic rings. The Morgan fingerprint density at radius 3 is 2.65 bits per heavy atom. The molecule has 0 amide bonds. The average molecular weight is 317 g/mol. The normalized spacial score (nSPS) is 10.3. The first kappa shape index (κ1) is 16.5. The van der Waals surface area contributed by atoms with Crippen LogP contribution in [0.4, 0.5) is 0 Å². The van der Waals surface area contributed by atoms with Gasteiger partial charge in [0.25, 0.3) is 0 Å². The number of methoxy groups -OCH3 is 2. The van der Waals surface area contributed by atoms with Gasteiger partial charge in [0, 0.05) is 0 Å². The van der Waals surface area contributed by atoms with Crippen molar-refractivity contribution in [2.75, 3.05) is 14.2 Å². The van der Waals surface area contributed by atoms with E-state index in [9.17, 15) is 9.90 Å². The first-order valence-corrected chi connectivity index (χ1v) is 7.08. The van der Waals surface area contributed by atoms with Crippen LogP contribution >= 0.6 is 0 Å². The van der Waals surface area contributed by atoms with Gasteiger partial charge in [0.15, 0.2) is 17.2 Å². The largest absolute Gasteiger partial charge is 0.493 e. The number of allylic oxidation sites excluding steroid dienone is 1. The van der Waals surface area contributed by atoms with Gasteiger partial charge in [-0.1, -0.05) is 17.4 Å². The topological polar surface area (TPSA) is 86.5 Å². The summed E-state index contributed by atoms with van der Waals surface area (Å²) in [4.78, 5) is 11.3.